The van der Waals surface area contributed by atoms with E-state index in [1.165, 1.54) is 6.42 Å². The van der Waals surface area contributed by atoms with Crippen molar-refractivity contribution in [1.29, 1.82) is 0 Å². The lowest BCUT2D eigenvalue weighted by atomic mass is 9.81. The standard InChI is InChI=1S/C15H20N2OS2/c1-20-12-8-4-3-7-11(12)13(18)17-15(14(16)19)9-5-2-6-10-15/h3-4,7-8H,2,5-6,9-10H2,1H3,(H2,16,19)(H,17,18). The Balaban J connectivity index is 2.22. The normalized spacial score (nSPS) is 17.4. The number of carbonyl (C=O) groups excluding carboxylic acids is 1. The van der Waals surface area contributed by atoms with Gasteiger partial charge in [0, 0.05) is 4.90 Å². The van der Waals surface area contributed by atoms with Crippen molar-refractivity contribution in [2.45, 2.75) is 42.5 Å². The third-order valence-corrected chi connectivity index (χ3v) is 5.07. The van der Waals surface area contributed by atoms with Crippen LogP contribution in [-0.2, 0) is 0 Å². The predicted molar refractivity (Wildman–Crippen MR) is 88.3 cm³/mol. The van der Waals surface area contributed by atoms with E-state index in [1.54, 1.807) is 11.8 Å². The zero-order valence-electron chi connectivity index (χ0n) is 11.6. The van der Waals surface area contributed by atoms with Gasteiger partial charge in [-0.1, -0.05) is 43.6 Å². The first kappa shape index (κ1) is 15.3. The van der Waals surface area contributed by atoms with Gasteiger partial charge in [-0.05, 0) is 31.2 Å². The van der Waals surface area contributed by atoms with E-state index in [4.69, 9.17) is 18.0 Å². The Morgan fingerprint density at radius 3 is 2.55 bits per heavy atom. The molecule has 1 aliphatic rings. The highest BCUT2D eigenvalue weighted by Gasteiger charge is 2.36. The van der Waals surface area contributed by atoms with E-state index < -0.39 is 5.54 Å². The molecule has 0 aliphatic heterocycles. The predicted octanol–water partition coefficient (Wildman–Crippen LogP) is 3.13. The number of benzene rings is 1. The zero-order valence-corrected chi connectivity index (χ0v) is 13.3. The topological polar surface area (TPSA) is 55.1 Å². The lowest BCUT2D eigenvalue weighted by Gasteiger charge is -2.37. The molecule has 0 aromatic heterocycles. The van der Waals surface area contributed by atoms with Gasteiger partial charge in [0.2, 0.25) is 0 Å². The van der Waals surface area contributed by atoms with Crippen molar-refractivity contribution >= 4 is 34.9 Å². The summed E-state index contributed by atoms with van der Waals surface area (Å²) in [7, 11) is 0. The molecule has 108 valence electrons. The Bertz CT molecular complexity index is 510. The van der Waals surface area contributed by atoms with Crippen LogP contribution in [0.2, 0.25) is 0 Å². The van der Waals surface area contributed by atoms with Crippen LogP contribution < -0.4 is 11.1 Å². The maximum Gasteiger partial charge on any atom is 0.253 e. The number of carbonyl (C=O) groups is 1. The third kappa shape index (κ3) is 3.15. The van der Waals surface area contributed by atoms with E-state index in [9.17, 15) is 4.79 Å². The highest BCUT2D eigenvalue weighted by atomic mass is 32.2. The number of amides is 1. The van der Waals surface area contributed by atoms with E-state index in [0.29, 0.717) is 10.6 Å². The van der Waals surface area contributed by atoms with Gasteiger partial charge in [-0.3, -0.25) is 4.79 Å². The molecule has 1 aromatic rings. The van der Waals surface area contributed by atoms with E-state index in [1.807, 2.05) is 30.5 Å². The van der Waals surface area contributed by atoms with Crippen LogP contribution in [0.1, 0.15) is 42.5 Å². The summed E-state index contributed by atoms with van der Waals surface area (Å²) in [4.78, 5) is 13.9. The fraction of sp³-hybridized carbons (Fsp3) is 0.467. The Labute approximate surface area is 129 Å². The molecule has 1 fully saturated rings. The highest BCUT2D eigenvalue weighted by Crippen LogP contribution is 2.29. The minimum atomic E-state index is -0.504. The van der Waals surface area contributed by atoms with E-state index in [0.717, 1.165) is 30.6 Å². The lowest BCUT2D eigenvalue weighted by Crippen LogP contribution is -2.57. The van der Waals surface area contributed by atoms with Crippen molar-refractivity contribution in [3.63, 3.8) is 0 Å². The van der Waals surface area contributed by atoms with Gasteiger partial charge in [-0.15, -0.1) is 11.8 Å². The van der Waals surface area contributed by atoms with Gasteiger partial charge >= 0.3 is 0 Å². The van der Waals surface area contributed by atoms with Gasteiger partial charge in [0.25, 0.3) is 5.91 Å². The maximum absolute atomic E-state index is 12.6. The summed E-state index contributed by atoms with van der Waals surface area (Å²) in [6, 6.07) is 7.61. The van der Waals surface area contributed by atoms with Crippen molar-refractivity contribution in [2.75, 3.05) is 6.26 Å². The summed E-state index contributed by atoms with van der Waals surface area (Å²) in [6.45, 7) is 0. The van der Waals surface area contributed by atoms with E-state index in [-0.39, 0.29) is 5.91 Å². The van der Waals surface area contributed by atoms with Crippen LogP contribution in [0.4, 0.5) is 0 Å². The quantitative estimate of drug-likeness (QED) is 0.663. The molecule has 0 atom stereocenters. The summed E-state index contributed by atoms with van der Waals surface area (Å²) >= 11 is 6.78. The zero-order chi connectivity index (χ0) is 14.6. The molecule has 3 nitrogen and oxygen atoms in total. The van der Waals surface area contributed by atoms with Crippen LogP contribution in [0, 0.1) is 0 Å². The largest absolute Gasteiger partial charge is 0.391 e. The summed E-state index contributed by atoms with van der Waals surface area (Å²) in [6.07, 6.45) is 6.95. The minimum Gasteiger partial charge on any atom is -0.391 e. The second-order valence-corrected chi connectivity index (χ2v) is 6.45. The molecule has 1 amide bonds. The minimum absolute atomic E-state index is 0.0790. The molecule has 20 heavy (non-hydrogen) atoms. The summed E-state index contributed by atoms with van der Waals surface area (Å²) in [5.41, 5.74) is 6.10. The van der Waals surface area contributed by atoms with E-state index in [2.05, 4.69) is 5.32 Å². The number of thioether (sulfide) groups is 1. The Morgan fingerprint density at radius 1 is 1.30 bits per heavy atom. The fourth-order valence-corrected chi connectivity index (χ4v) is 3.56. The highest BCUT2D eigenvalue weighted by molar-refractivity contribution is 7.98. The molecule has 0 unspecified atom stereocenters. The molecular weight excluding hydrogens is 288 g/mol. The third-order valence-electron chi connectivity index (χ3n) is 3.88. The molecule has 1 saturated carbocycles. The van der Waals surface area contributed by atoms with Gasteiger partial charge < -0.3 is 11.1 Å². The van der Waals surface area contributed by atoms with Crippen LogP contribution in [0.5, 0.6) is 0 Å². The summed E-state index contributed by atoms with van der Waals surface area (Å²) in [5.74, 6) is -0.0790. The van der Waals surface area contributed by atoms with Crippen molar-refractivity contribution in [3.05, 3.63) is 29.8 Å². The van der Waals surface area contributed by atoms with Gasteiger partial charge in [0.1, 0.15) is 0 Å². The SMILES string of the molecule is CSc1ccccc1C(=O)NC1(C(N)=S)CCCCC1. The molecule has 1 aliphatic carbocycles. The van der Waals surface area contributed by atoms with Crippen LogP contribution in [0.15, 0.2) is 29.2 Å². The molecule has 1 aromatic carbocycles. The number of nitrogens with one attached hydrogen (secondary N) is 1. The average Bonchev–Trinajstić information content (AvgIpc) is 2.48. The van der Waals surface area contributed by atoms with Crippen LogP contribution in [0.25, 0.3) is 0 Å². The summed E-state index contributed by atoms with van der Waals surface area (Å²) < 4.78 is 0. The molecule has 0 heterocycles. The van der Waals surface area contributed by atoms with Crippen LogP contribution >= 0.6 is 24.0 Å². The van der Waals surface area contributed by atoms with Gasteiger partial charge in [0.05, 0.1) is 16.1 Å². The number of rotatable bonds is 4. The first-order valence-corrected chi connectivity index (χ1v) is 8.48. The van der Waals surface area contributed by atoms with Crippen LogP contribution in [-0.4, -0.2) is 22.7 Å². The monoisotopic (exact) mass is 308 g/mol. The van der Waals surface area contributed by atoms with Gasteiger partial charge in [0.15, 0.2) is 0 Å². The second kappa shape index (κ2) is 6.59. The van der Waals surface area contributed by atoms with Crippen molar-refractivity contribution in [1.82, 2.24) is 5.32 Å². The van der Waals surface area contributed by atoms with Crippen LogP contribution in [0.3, 0.4) is 0 Å². The molecular formula is C15H20N2OS2. The van der Waals surface area contributed by atoms with Gasteiger partial charge in [-0.2, -0.15) is 0 Å². The molecule has 0 radical (unpaired) electrons. The number of thiocarbonyl (C=S) groups is 1. The molecule has 0 saturated heterocycles. The van der Waals surface area contributed by atoms with Crippen molar-refractivity contribution in [3.8, 4) is 0 Å². The van der Waals surface area contributed by atoms with Crippen molar-refractivity contribution in [2.24, 2.45) is 5.73 Å². The molecule has 3 N–H and O–H groups in total. The molecule has 0 spiro atoms. The Kier molecular flexibility index (Phi) is 5.05. The second-order valence-electron chi connectivity index (χ2n) is 5.16. The lowest BCUT2D eigenvalue weighted by molar-refractivity contribution is 0.0905. The Morgan fingerprint density at radius 2 is 1.95 bits per heavy atom. The Hall–Kier alpha value is -1.07. The molecule has 0 bridgehead atoms. The smallest absolute Gasteiger partial charge is 0.253 e. The molecule has 5 heteroatoms. The summed E-state index contributed by atoms with van der Waals surface area (Å²) in [5, 5.41) is 3.10. The number of hydrogen-bond donors (Lipinski definition) is 2. The first-order valence-electron chi connectivity index (χ1n) is 6.84. The van der Waals surface area contributed by atoms with Gasteiger partial charge in [-0.25, -0.2) is 0 Å². The molecule has 2 rings (SSSR count). The fourth-order valence-electron chi connectivity index (χ4n) is 2.71. The first-order chi connectivity index (χ1) is 9.59. The maximum atomic E-state index is 12.6. The number of nitrogens with two attached hydrogens (primary N) is 1. The number of hydrogen-bond acceptors (Lipinski definition) is 3. The van der Waals surface area contributed by atoms with E-state index >= 15 is 0 Å². The average molecular weight is 308 g/mol. The van der Waals surface area contributed by atoms with Crippen molar-refractivity contribution < 1.29 is 4.79 Å².